The van der Waals surface area contributed by atoms with Gasteiger partial charge in [0, 0.05) is 6.07 Å². The van der Waals surface area contributed by atoms with Gasteiger partial charge >= 0.3 is 0 Å². The van der Waals surface area contributed by atoms with E-state index in [-0.39, 0.29) is 23.7 Å². The third-order valence-corrected chi connectivity index (χ3v) is 4.51. The van der Waals surface area contributed by atoms with Crippen LogP contribution in [0.3, 0.4) is 0 Å². The number of carbonyl (C=O) groups excluding carboxylic acids is 1. The third kappa shape index (κ3) is 4.92. The van der Waals surface area contributed by atoms with E-state index >= 15 is 0 Å². The molecule has 1 unspecified atom stereocenters. The molecule has 1 heterocycles. The summed E-state index contributed by atoms with van der Waals surface area (Å²) in [6.45, 7) is 5.86. The number of carbonyl (C=O) groups is 1. The van der Waals surface area contributed by atoms with Crippen LogP contribution in [-0.4, -0.2) is 31.4 Å². The molecule has 0 aliphatic carbocycles. The van der Waals surface area contributed by atoms with Crippen molar-refractivity contribution in [2.75, 3.05) is 14.2 Å². The molecule has 0 aliphatic rings. The van der Waals surface area contributed by atoms with Gasteiger partial charge in [0.2, 0.25) is 0 Å². The monoisotopic (exact) mass is 410 g/mol. The summed E-state index contributed by atoms with van der Waals surface area (Å²) in [4.78, 5) is 12.6. The minimum absolute atomic E-state index is 0.109. The average Bonchev–Trinajstić information content (AvgIpc) is 3.23. The van der Waals surface area contributed by atoms with Gasteiger partial charge in [-0.2, -0.15) is 0 Å². The van der Waals surface area contributed by atoms with Crippen LogP contribution in [0, 0.1) is 0 Å². The zero-order valence-corrected chi connectivity index (χ0v) is 17.8. The Bertz CT molecular complexity index is 995. The zero-order valence-electron chi connectivity index (χ0n) is 17.8. The molecular formula is C23H26N2O5. The highest BCUT2D eigenvalue weighted by atomic mass is 16.5. The minimum Gasteiger partial charge on any atom is -0.497 e. The fourth-order valence-corrected chi connectivity index (χ4v) is 2.98. The predicted molar refractivity (Wildman–Crippen MR) is 113 cm³/mol. The Labute approximate surface area is 175 Å². The summed E-state index contributed by atoms with van der Waals surface area (Å²) in [6.07, 6.45) is 0.109. The molecule has 3 aromatic rings. The molecule has 1 N–H and O–H groups in total. The van der Waals surface area contributed by atoms with Gasteiger partial charge in [-0.3, -0.25) is 4.79 Å². The molecule has 0 saturated carbocycles. The lowest BCUT2D eigenvalue weighted by atomic mass is 10.1. The van der Waals surface area contributed by atoms with Crippen molar-refractivity contribution >= 4 is 5.91 Å². The quantitative estimate of drug-likeness (QED) is 0.583. The lowest BCUT2D eigenvalue weighted by molar-refractivity contribution is 0.0931. The van der Waals surface area contributed by atoms with E-state index < -0.39 is 0 Å². The van der Waals surface area contributed by atoms with Crippen molar-refractivity contribution in [1.29, 1.82) is 0 Å². The predicted octanol–water partition coefficient (Wildman–Crippen LogP) is 4.64. The number of methoxy groups -OCH3 is 2. The number of benzene rings is 2. The highest BCUT2D eigenvalue weighted by molar-refractivity contribution is 5.93. The normalized spacial score (nSPS) is 11.8. The van der Waals surface area contributed by atoms with E-state index in [0.29, 0.717) is 22.8 Å². The van der Waals surface area contributed by atoms with Crippen LogP contribution in [0.4, 0.5) is 0 Å². The largest absolute Gasteiger partial charge is 0.497 e. The number of amides is 1. The van der Waals surface area contributed by atoms with E-state index in [1.165, 1.54) is 0 Å². The highest BCUT2D eigenvalue weighted by Crippen LogP contribution is 2.33. The molecule has 2 aromatic carbocycles. The fraction of sp³-hybridized carbons (Fsp3) is 0.304. The smallest absolute Gasteiger partial charge is 0.273 e. The van der Waals surface area contributed by atoms with Crippen LogP contribution in [0.2, 0.25) is 0 Å². The van der Waals surface area contributed by atoms with Gasteiger partial charge in [0.15, 0.2) is 11.5 Å². The molecule has 1 aromatic heterocycles. The maximum absolute atomic E-state index is 12.6. The Kier molecular flexibility index (Phi) is 6.61. The molecule has 7 nitrogen and oxygen atoms in total. The van der Waals surface area contributed by atoms with Crippen LogP contribution in [-0.2, 0) is 0 Å². The molecule has 30 heavy (non-hydrogen) atoms. The van der Waals surface area contributed by atoms with Gasteiger partial charge in [0.05, 0.1) is 31.9 Å². The molecular weight excluding hydrogens is 384 g/mol. The van der Waals surface area contributed by atoms with Crippen molar-refractivity contribution in [3.63, 3.8) is 0 Å². The second-order valence-corrected chi connectivity index (χ2v) is 7.07. The van der Waals surface area contributed by atoms with E-state index in [0.717, 1.165) is 11.3 Å². The van der Waals surface area contributed by atoms with Crippen LogP contribution in [0.1, 0.15) is 42.9 Å². The van der Waals surface area contributed by atoms with Crippen molar-refractivity contribution in [2.45, 2.75) is 32.9 Å². The van der Waals surface area contributed by atoms with E-state index in [1.807, 2.05) is 45.0 Å². The Hall–Kier alpha value is -3.48. The standard InChI is InChI=1S/C23H26N2O5/c1-14(2)29-17-8-6-16(7-9-17)15(3)24-23(26)20-13-22(30-25-20)19-12-18(27-4)10-11-21(19)28-5/h6-15H,1-5H3,(H,24,26). The SMILES string of the molecule is COc1ccc(OC)c(-c2cc(C(=O)NC(C)c3ccc(OC(C)C)cc3)no2)c1. The van der Waals surface area contributed by atoms with Gasteiger partial charge in [0.1, 0.15) is 17.2 Å². The van der Waals surface area contributed by atoms with Gasteiger partial charge in [-0.1, -0.05) is 17.3 Å². The first-order valence-electron chi connectivity index (χ1n) is 9.68. The lowest BCUT2D eigenvalue weighted by Crippen LogP contribution is -2.26. The van der Waals surface area contributed by atoms with Crippen molar-refractivity contribution in [3.05, 3.63) is 59.8 Å². The first kappa shape index (κ1) is 21.2. The maximum atomic E-state index is 12.6. The van der Waals surface area contributed by atoms with Gasteiger partial charge in [-0.25, -0.2) is 0 Å². The number of nitrogens with one attached hydrogen (secondary N) is 1. The third-order valence-electron chi connectivity index (χ3n) is 4.51. The Morgan fingerprint density at radius 3 is 2.30 bits per heavy atom. The molecule has 0 fully saturated rings. The molecule has 3 rings (SSSR count). The molecule has 1 amide bonds. The number of ether oxygens (including phenoxy) is 3. The highest BCUT2D eigenvalue weighted by Gasteiger charge is 2.19. The van der Waals surface area contributed by atoms with Crippen LogP contribution >= 0.6 is 0 Å². The van der Waals surface area contributed by atoms with E-state index in [2.05, 4.69) is 10.5 Å². The topological polar surface area (TPSA) is 82.8 Å². The van der Waals surface area contributed by atoms with Crippen molar-refractivity contribution in [2.24, 2.45) is 0 Å². The van der Waals surface area contributed by atoms with E-state index in [1.54, 1.807) is 38.5 Å². The average molecular weight is 410 g/mol. The summed E-state index contributed by atoms with van der Waals surface area (Å²) in [5.74, 6) is 2.11. The first-order chi connectivity index (χ1) is 14.4. The van der Waals surface area contributed by atoms with Crippen LogP contribution in [0.15, 0.2) is 53.1 Å². The summed E-state index contributed by atoms with van der Waals surface area (Å²) in [5.41, 5.74) is 1.79. The summed E-state index contributed by atoms with van der Waals surface area (Å²) < 4.78 is 21.7. The summed E-state index contributed by atoms with van der Waals surface area (Å²) in [7, 11) is 3.14. The number of rotatable bonds is 8. The summed E-state index contributed by atoms with van der Waals surface area (Å²) in [6, 6.07) is 14.3. The minimum atomic E-state index is -0.332. The Morgan fingerprint density at radius 2 is 1.67 bits per heavy atom. The van der Waals surface area contributed by atoms with Crippen molar-refractivity contribution in [3.8, 4) is 28.6 Å². The number of hydrogen-bond acceptors (Lipinski definition) is 6. The number of hydrogen-bond donors (Lipinski definition) is 1. The molecule has 158 valence electrons. The molecule has 0 radical (unpaired) electrons. The lowest BCUT2D eigenvalue weighted by Gasteiger charge is -2.15. The van der Waals surface area contributed by atoms with Gasteiger partial charge < -0.3 is 24.1 Å². The van der Waals surface area contributed by atoms with Crippen LogP contribution < -0.4 is 19.5 Å². The van der Waals surface area contributed by atoms with Gasteiger partial charge in [-0.05, 0) is 56.7 Å². The van der Waals surface area contributed by atoms with E-state index in [4.69, 9.17) is 18.7 Å². The molecule has 0 spiro atoms. The molecule has 7 heteroatoms. The molecule has 0 aliphatic heterocycles. The second kappa shape index (κ2) is 9.35. The first-order valence-corrected chi connectivity index (χ1v) is 9.68. The number of aromatic nitrogens is 1. The Balaban J connectivity index is 1.72. The molecule has 0 saturated heterocycles. The zero-order chi connectivity index (χ0) is 21.7. The second-order valence-electron chi connectivity index (χ2n) is 7.07. The molecule has 0 bridgehead atoms. The van der Waals surface area contributed by atoms with E-state index in [9.17, 15) is 4.79 Å². The Morgan fingerprint density at radius 1 is 0.967 bits per heavy atom. The molecule has 1 atom stereocenters. The summed E-state index contributed by atoms with van der Waals surface area (Å²) >= 11 is 0. The van der Waals surface area contributed by atoms with Gasteiger partial charge in [0.25, 0.3) is 5.91 Å². The fourth-order valence-electron chi connectivity index (χ4n) is 2.98. The maximum Gasteiger partial charge on any atom is 0.273 e. The van der Waals surface area contributed by atoms with Crippen molar-refractivity contribution < 1.29 is 23.5 Å². The van der Waals surface area contributed by atoms with Gasteiger partial charge in [-0.15, -0.1) is 0 Å². The van der Waals surface area contributed by atoms with Crippen LogP contribution in [0.25, 0.3) is 11.3 Å². The van der Waals surface area contributed by atoms with Crippen molar-refractivity contribution in [1.82, 2.24) is 10.5 Å². The summed E-state index contributed by atoms with van der Waals surface area (Å²) in [5, 5.41) is 6.84. The number of nitrogens with zero attached hydrogens (tertiary/aromatic N) is 1. The van der Waals surface area contributed by atoms with Crippen LogP contribution in [0.5, 0.6) is 17.2 Å².